The first-order chi connectivity index (χ1) is 12.3. The van der Waals surface area contributed by atoms with Crippen LogP contribution < -0.4 is 4.90 Å². The Morgan fingerprint density at radius 2 is 1.88 bits per heavy atom. The van der Waals surface area contributed by atoms with Crippen molar-refractivity contribution in [1.29, 1.82) is 5.26 Å². The predicted molar refractivity (Wildman–Crippen MR) is 93.7 cm³/mol. The van der Waals surface area contributed by atoms with E-state index in [1.54, 1.807) is 10.6 Å². The van der Waals surface area contributed by atoms with Gasteiger partial charge in [-0.15, -0.1) is 10.2 Å². The van der Waals surface area contributed by atoms with Gasteiger partial charge >= 0.3 is 0 Å². The molecule has 0 aliphatic carbocycles. The van der Waals surface area contributed by atoms with Crippen LogP contribution in [0, 0.1) is 11.3 Å². The molecule has 25 heavy (non-hydrogen) atoms. The molecule has 2 aromatic heterocycles. The number of carbonyl (C=O) groups is 1. The van der Waals surface area contributed by atoms with Gasteiger partial charge < -0.3 is 4.90 Å². The van der Waals surface area contributed by atoms with Crippen LogP contribution in [-0.4, -0.2) is 34.0 Å². The molecule has 4 rings (SSSR count). The number of anilines is 1. The van der Waals surface area contributed by atoms with E-state index < -0.39 is 0 Å². The van der Waals surface area contributed by atoms with Gasteiger partial charge in [0, 0.05) is 19.3 Å². The molecule has 0 unspecified atom stereocenters. The van der Waals surface area contributed by atoms with Gasteiger partial charge in [-0.25, -0.2) is 0 Å². The van der Waals surface area contributed by atoms with E-state index in [2.05, 4.69) is 45.4 Å². The quantitative estimate of drug-likeness (QED) is 0.690. The minimum absolute atomic E-state index is 0.209. The van der Waals surface area contributed by atoms with E-state index >= 15 is 0 Å². The normalized spacial score (nSPS) is 15.2. The summed E-state index contributed by atoms with van der Waals surface area (Å²) in [4.78, 5) is 13.3. The second-order valence-electron chi connectivity index (χ2n) is 6.23. The number of piperidine rings is 1. The molecule has 1 aromatic carbocycles. The second-order valence-corrected chi connectivity index (χ2v) is 6.23. The molecule has 0 amide bonds. The van der Waals surface area contributed by atoms with Crippen molar-refractivity contribution in [3.05, 3.63) is 59.5 Å². The topological polar surface area (TPSA) is 74.3 Å². The van der Waals surface area contributed by atoms with Crippen molar-refractivity contribution >= 4 is 17.6 Å². The summed E-state index contributed by atoms with van der Waals surface area (Å²) in [5, 5.41) is 17.5. The summed E-state index contributed by atoms with van der Waals surface area (Å²) in [5.74, 6) is 0.766. The Morgan fingerprint density at radius 1 is 1.12 bits per heavy atom. The molecule has 6 nitrogen and oxygen atoms in total. The SMILES string of the molecule is N#Cc1c(N2CCC(c3ccccc3)CC2)ccn2c(C=O)nnc12. The Hall–Kier alpha value is -3.20. The number of pyridine rings is 1. The van der Waals surface area contributed by atoms with Crippen LogP contribution in [0.1, 0.15) is 40.5 Å². The van der Waals surface area contributed by atoms with Gasteiger partial charge in [0.25, 0.3) is 0 Å². The summed E-state index contributed by atoms with van der Waals surface area (Å²) < 4.78 is 1.56. The van der Waals surface area contributed by atoms with E-state index in [0.717, 1.165) is 31.6 Å². The fourth-order valence-electron chi connectivity index (χ4n) is 3.59. The van der Waals surface area contributed by atoms with Gasteiger partial charge in [0.1, 0.15) is 11.6 Å². The van der Waals surface area contributed by atoms with E-state index in [1.807, 2.05) is 12.1 Å². The van der Waals surface area contributed by atoms with Gasteiger partial charge in [-0.1, -0.05) is 30.3 Å². The predicted octanol–water partition coefficient (Wildman–Crippen LogP) is 2.80. The number of carbonyl (C=O) groups excluding carboxylic acids is 1. The van der Waals surface area contributed by atoms with E-state index in [4.69, 9.17) is 0 Å². The molecule has 1 fully saturated rings. The Balaban J connectivity index is 1.61. The summed E-state index contributed by atoms with van der Waals surface area (Å²) in [6, 6.07) is 14.7. The van der Waals surface area contributed by atoms with Crippen LogP contribution in [0.2, 0.25) is 0 Å². The first kappa shape index (κ1) is 15.3. The van der Waals surface area contributed by atoms with Gasteiger partial charge in [-0.2, -0.15) is 5.26 Å². The maximum absolute atomic E-state index is 11.0. The first-order valence-corrected chi connectivity index (χ1v) is 8.34. The summed E-state index contributed by atoms with van der Waals surface area (Å²) in [6.07, 6.45) is 4.50. The molecule has 124 valence electrons. The standard InChI is InChI=1S/C19H17N5O/c20-12-16-17(8-11-24-18(13-25)21-22-19(16)24)23-9-6-15(7-10-23)14-4-2-1-3-5-14/h1-5,8,11,13,15H,6-7,9-10H2. The highest BCUT2D eigenvalue weighted by molar-refractivity contribution is 5.76. The number of nitriles is 1. The average Bonchev–Trinajstić information content (AvgIpc) is 3.11. The molecular formula is C19H17N5O. The lowest BCUT2D eigenvalue weighted by Crippen LogP contribution is -2.33. The van der Waals surface area contributed by atoms with Crippen LogP contribution in [0.25, 0.3) is 5.65 Å². The summed E-state index contributed by atoms with van der Waals surface area (Å²) in [6.45, 7) is 1.78. The Labute approximate surface area is 145 Å². The Kier molecular flexibility index (Phi) is 3.90. The van der Waals surface area contributed by atoms with Crippen LogP contribution in [0.5, 0.6) is 0 Å². The van der Waals surface area contributed by atoms with E-state index in [9.17, 15) is 10.1 Å². The molecule has 6 heteroatoms. The van der Waals surface area contributed by atoms with Crippen LogP contribution in [0.15, 0.2) is 42.6 Å². The highest BCUT2D eigenvalue weighted by Gasteiger charge is 2.24. The molecule has 0 radical (unpaired) electrons. The summed E-state index contributed by atoms with van der Waals surface area (Å²) >= 11 is 0. The molecule has 1 saturated heterocycles. The third-order valence-electron chi connectivity index (χ3n) is 4.91. The Bertz CT molecular complexity index is 949. The number of aromatic nitrogens is 3. The van der Waals surface area contributed by atoms with Crippen molar-refractivity contribution in [1.82, 2.24) is 14.6 Å². The number of aldehydes is 1. The van der Waals surface area contributed by atoms with Gasteiger partial charge in [-0.3, -0.25) is 9.20 Å². The number of nitrogens with zero attached hydrogens (tertiary/aromatic N) is 5. The molecule has 3 aromatic rings. The second kappa shape index (κ2) is 6.36. The van der Waals surface area contributed by atoms with E-state index in [0.29, 0.717) is 23.4 Å². The van der Waals surface area contributed by atoms with Gasteiger partial charge in [0.2, 0.25) is 5.82 Å². The smallest absolute Gasteiger partial charge is 0.201 e. The third-order valence-corrected chi connectivity index (χ3v) is 4.91. The van der Waals surface area contributed by atoms with Gasteiger partial charge in [0.05, 0.1) is 5.69 Å². The fraction of sp³-hybridized carbons (Fsp3) is 0.263. The zero-order valence-corrected chi connectivity index (χ0v) is 13.7. The molecule has 0 N–H and O–H groups in total. The highest BCUT2D eigenvalue weighted by Crippen LogP contribution is 2.32. The maximum Gasteiger partial charge on any atom is 0.201 e. The lowest BCUT2D eigenvalue weighted by atomic mass is 9.89. The maximum atomic E-state index is 11.0. The molecular weight excluding hydrogens is 314 g/mol. The van der Waals surface area contributed by atoms with Crippen molar-refractivity contribution in [3.63, 3.8) is 0 Å². The van der Waals surface area contributed by atoms with Crippen LogP contribution in [0.3, 0.4) is 0 Å². The Morgan fingerprint density at radius 3 is 2.56 bits per heavy atom. The van der Waals surface area contributed by atoms with Crippen LogP contribution >= 0.6 is 0 Å². The fourth-order valence-corrected chi connectivity index (χ4v) is 3.59. The van der Waals surface area contributed by atoms with E-state index in [1.165, 1.54) is 5.56 Å². The van der Waals surface area contributed by atoms with Gasteiger partial charge in [0.15, 0.2) is 11.9 Å². The number of benzene rings is 1. The first-order valence-electron chi connectivity index (χ1n) is 8.34. The molecule has 0 atom stereocenters. The monoisotopic (exact) mass is 331 g/mol. The van der Waals surface area contributed by atoms with Crippen molar-refractivity contribution < 1.29 is 4.79 Å². The number of hydrogen-bond acceptors (Lipinski definition) is 5. The summed E-state index contributed by atoms with van der Waals surface area (Å²) in [7, 11) is 0. The largest absolute Gasteiger partial charge is 0.370 e. The molecule has 0 saturated carbocycles. The van der Waals surface area contributed by atoms with Crippen molar-refractivity contribution in [2.24, 2.45) is 0 Å². The lowest BCUT2D eigenvalue weighted by molar-refractivity contribution is 0.111. The zero-order chi connectivity index (χ0) is 17.2. The minimum atomic E-state index is 0.209. The number of hydrogen-bond donors (Lipinski definition) is 0. The lowest BCUT2D eigenvalue weighted by Gasteiger charge is -2.34. The van der Waals surface area contributed by atoms with Crippen LogP contribution in [-0.2, 0) is 0 Å². The zero-order valence-electron chi connectivity index (χ0n) is 13.7. The van der Waals surface area contributed by atoms with Crippen molar-refractivity contribution in [2.75, 3.05) is 18.0 Å². The summed E-state index contributed by atoms with van der Waals surface area (Å²) in [5.41, 5.74) is 3.16. The molecule has 1 aliphatic heterocycles. The highest BCUT2D eigenvalue weighted by atomic mass is 16.1. The van der Waals surface area contributed by atoms with Crippen LogP contribution in [0.4, 0.5) is 5.69 Å². The third kappa shape index (κ3) is 2.64. The number of rotatable bonds is 3. The van der Waals surface area contributed by atoms with Gasteiger partial charge in [-0.05, 0) is 30.4 Å². The number of fused-ring (bicyclic) bond motifs is 1. The molecule has 0 bridgehead atoms. The molecule has 3 heterocycles. The van der Waals surface area contributed by atoms with E-state index in [-0.39, 0.29) is 5.82 Å². The average molecular weight is 331 g/mol. The molecule has 0 spiro atoms. The van der Waals surface area contributed by atoms with Crippen molar-refractivity contribution in [2.45, 2.75) is 18.8 Å². The minimum Gasteiger partial charge on any atom is -0.370 e. The molecule has 1 aliphatic rings. The van der Waals surface area contributed by atoms with Crippen molar-refractivity contribution in [3.8, 4) is 6.07 Å².